The molecule has 1 heterocycles. The molecule has 8 heavy (non-hydrogen) atoms. The smallest absolute Gasteiger partial charge is 0.134 e. The summed E-state index contributed by atoms with van der Waals surface area (Å²) in [4.78, 5) is 3.99. The molecule has 1 atom stereocenters. The van der Waals surface area contributed by atoms with Crippen LogP contribution in [0, 0.1) is 0 Å². The fourth-order valence-corrected chi connectivity index (χ4v) is 0.827. The highest BCUT2D eigenvalue weighted by Crippen LogP contribution is 2.00. The SMILES string of the molecule is CN1NC=NC1CCl. The summed E-state index contributed by atoms with van der Waals surface area (Å²) in [5.41, 5.74) is 2.88. The van der Waals surface area contributed by atoms with Crippen molar-refractivity contribution >= 4 is 17.9 Å². The third-order valence-corrected chi connectivity index (χ3v) is 1.37. The summed E-state index contributed by atoms with van der Waals surface area (Å²) in [6.45, 7) is 0. The van der Waals surface area contributed by atoms with Crippen molar-refractivity contribution in [1.29, 1.82) is 0 Å². The zero-order valence-electron chi connectivity index (χ0n) is 4.63. The molecule has 46 valence electrons. The van der Waals surface area contributed by atoms with Crippen molar-refractivity contribution < 1.29 is 0 Å². The van der Waals surface area contributed by atoms with E-state index in [9.17, 15) is 0 Å². The molecule has 0 bridgehead atoms. The first-order valence-corrected chi connectivity index (χ1v) is 2.94. The predicted molar refractivity (Wildman–Crippen MR) is 33.9 cm³/mol. The average Bonchev–Trinajstić information content (AvgIpc) is 2.14. The van der Waals surface area contributed by atoms with E-state index in [2.05, 4.69) is 10.4 Å². The molecule has 0 amide bonds. The van der Waals surface area contributed by atoms with Crippen molar-refractivity contribution in [2.24, 2.45) is 4.99 Å². The van der Waals surface area contributed by atoms with E-state index in [4.69, 9.17) is 11.6 Å². The van der Waals surface area contributed by atoms with E-state index >= 15 is 0 Å². The molecular weight excluding hydrogens is 126 g/mol. The number of hydrogen-bond acceptors (Lipinski definition) is 3. The monoisotopic (exact) mass is 133 g/mol. The Bertz CT molecular complexity index is 103. The molecule has 1 aliphatic rings. The van der Waals surface area contributed by atoms with Crippen molar-refractivity contribution in [3.05, 3.63) is 0 Å². The largest absolute Gasteiger partial charge is 0.308 e. The first kappa shape index (κ1) is 5.85. The van der Waals surface area contributed by atoms with E-state index < -0.39 is 0 Å². The number of nitrogens with one attached hydrogen (secondary N) is 1. The number of nitrogens with zero attached hydrogens (tertiary/aromatic N) is 2. The summed E-state index contributed by atoms with van der Waals surface area (Å²) < 4.78 is 0. The molecule has 1 rings (SSSR count). The van der Waals surface area contributed by atoms with Gasteiger partial charge in [0.15, 0.2) is 0 Å². The summed E-state index contributed by atoms with van der Waals surface area (Å²) >= 11 is 5.51. The summed E-state index contributed by atoms with van der Waals surface area (Å²) in [6.07, 6.45) is 1.77. The molecule has 0 fully saturated rings. The predicted octanol–water partition coefficient (Wildman–Crippen LogP) is 0.0296. The number of halogens is 1. The number of rotatable bonds is 1. The summed E-state index contributed by atoms with van der Waals surface area (Å²) in [7, 11) is 1.90. The highest BCUT2D eigenvalue weighted by atomic mass is 35.5. The van der Waals surface area contributed by atoms with Gasteiger partial charge in [-0.1, -0.05) is 0 Å². The van der Waals surface area contributed by atoms with E-state index in [1.54, 1.807) is 6.34 Å². The maximum Gasteiger partial charge on any atom is 0.134 e. The second kappa shape index (κ2) is 2.33. The van der Waals surface area contributed by atoms with Crippen LogP contribution in [0.5, 0.6) is 0 Å². The highest BCUT2D eigenvalue weighted by molar-refractivity contribution is 6.18. The van der Waals surface area contributed by atoms with Crippen molar-refractivity contribution in [3.8, 4) is 0 Å². The van der Waals surface area contributed by atoms with Crippen molar-refractivity contribution in [3.63, 3.8) is 0 Å². The van der Waals surface area contributed by atoms with Crippen LogP contribution in [0.4, 0.5) is 0 Å². The van der Waals surface area contributed by atoms with E-state index in [1.165, 1.54) is 0 Å². The number of alkyl halides is 1. The normalized spacial score (nSPS) is 28.5. The van der Waals surface area contributed by atoms with Gasteiger partial charge in [-0.15, -0.1) is 11.6 Å². The van der Waals surface area contributed by atoms with Crippen LogP contribution in [0.3, 0.4) is 0 Å². The van der Waals surface area contributed by atoms with Crippen LogP contribution in [0.25, 0.3) is 0 Å². The second-order valence-corrected chi connectivity index (χ2v) is 1.96. The maximum absolute atomic E-state index is 5.51. The molecular formula is C4H8ClN3. The number of hydrazine groups is 1. The number of aliphatic imine (C=N–C) groups is 1. The van der Waals surface area contributed by atoms with Gasteiger partial charge in [-0.2, -0.15) is 0 Å². The first-order valence-electron chi connectivity index (χ1n) is 2.41. The van der Waals surface area contributed by atoms with Gasteiger partial charge < -0.3 is 5.43 Å². The summed E-state index contributed by atoms with van der Waals surface area (Å²) in [6, 6.07) is 0. The molecule has 0 saturated heterocycles. The molecule has 0 saturated carbocycles. The van der Waals surface area contributed by atoms with Gasteiger partial charge in [0.1, 0.15) is 6.17 Å². The Balaban J connectivity index is 2.41. The van der Waals surface area contributed by atoms with Gasteiger partial charge in [-0.05, 0) is 0 Å². The Hall–Kier alpha value is -0.280. The minimum atomic E-state index is 0.122. The Labute approximate surface area is 53.3 Å². The second-order valence-electron chi connectivity index (χ2n) is 1.65. The van der Waals surface area contributed by atoms with Gasteiger partial charge in [0.05, 0.1) is 12.2 Å². The Morgan fingerprint density at radius 2 is 2.75 bits per heavy atom. The standard InChI is InChI=1S/C4H8ClN3/c1-8-4(2-5)6-3-7-8/h3-4H,2H2,1H3,(H,6,7). The van der Waals surface area contributed by atoms with Gasteiger partial charge in [-0.3, -0.25) is 4.99 Å². The minimum absolute atomic E-state index is 0.122. The topological polar surface area (TPSA) is 27.6 Å². The van der Waals surface area contributed by atoms with Crippen LogP contribution < -0.4 is 5.43 Å². The molecule has 4 heteroatoms. The molecule has 0 spiro atoms. The number of hydrogen-bond donors (Lipinski definition) is 1. The molecule has 3 nitrogen and oxygen atoms in total. The van der Waals surface area contributed by atoms with Gasteiger partial charge in [0.25, 0.3) is 0 Å². The molecule has 1 aliphatic heterocycles. The lowest BCUT2D eigenvalue weighted by molar-refractivity contribution is 0.259. The lowest BCUT2D eigenvalue weighted by Gasteiger charge is -2.13. The van der Waals surface area contributed by atoms with Gasteiger partial charge in [-0.25, -0.2) is 5.01 Å². The van der Waals surface area contributed by atoms with Crippen LogP contribution in [0.1, 0.15) is 0 Å². The Morgan fingerprint density at radius 3 is 3.00 bits per heavy atom. The lowest BCUT2D eigenvalue weighted by Crippen LogP contribution is -2.35. The van der Waals surface area contributed by atoms with Gasteiger partial charge >= 0.3 is 0 Å². The Morgan fingerprint density at radius 1 is 2.00 bits per heavy atom. The summed E-state index contributed by atoms with van der Waals surface area (Å²) in [5, 5.41) is 1.85. The molecule has 0 aromatic rings. The maximum atomic E-state index is 5.51. The summed E-state index contributed by atoms with van der Waals surface area (Å²) in [5.74, 6) is 0.542. The fraction of sp³-hybridized carbons (Fsp3) is 0.750. The van der Waals surface area contributed by atoms with Gasteiger partial charge in [0.2, 0.25) is 0 Å². The minimum Gasteiger partial charge on any atom is -0.308 e. The van der Waals surface area contributed by atoms with E-state index in [-0.39, 0.29) is 6.17 Å². The van der Waals surface area contributed by atoms with Crippen LogP contribution in [0.2, 0.25) is 0 Å². The third-order valence-electron chi connectivity index (χ3n) is 1.09. The Kier molecular flexibility index (Phi) is 1.70. The van der Waals surface area contributed by atoms with Crippen molar-refractivity contribution in [1.82, 2.24) is 10.4 Å². The van der Waals surface area contributed by atoms with Crippen molar-refractivity contribution in [2.45, 2.75) is 6.17 Å². The zero-order chi connectivity index (χ0) is 5.98. The lowest BCUT2D eigenvalue weighted by atomic mass is 10.6. The van der Waals surface area contributed by atoms with Crippen LogP contribution in [0.15, 0.2) is 4.99 Å². The molecule has 0 aliphatic carbocycles. The molecule has 0 aromatic carbocycles. The van der Waals surface area contributed by atoms with E-state index in [1.807, 2.05) is 12.1 Å². The van der Waals surface area contributed by atoms with Crippen LogP contribution in [-0.2, 0) is 0 Å². The molecule has 0 aromatic heterocycles. The fourth-order valence-electron chi connectivity index (χ4n) is 0.540. The van der Waals surface area contributed by atoms with Crippen molar-refractivity contribution in [2.75, 3.05) is 12.9 Å². The van der Waals surface area contributed by atoms with Gasteiger partial charge in [0, 0.05) is 7.05 Å². The molecule has 0 radical (unpaired) electrons. The zero-order valence-corrected chi connectivity index (χ0v) is 5.39. The third kappa shape index (κ3) is 0.928. The van der Waals surface area contributed by atoms with E-state index in [0.717, 1.165) is 0 Å². The molecule has 1 unspecified atom stereocenters. The van der Waals surface area contributed by atoms with E-state index in [0.29, 0.717) is 5.88 Å². The average molecular weight is 134 g/mol. The highest BCUT2D eigenvalue weighted by Gasteiger charge is 2.13. The van der Waals surface area contributed by atoms with Crippen LogP contribution >= 0.6 is 11.6 Å². The first-order chi connectivity index (χ1) is 3.84. The quantitative estimate of drug-likeness (QED) is 0.511. The molecule has 1 N–H and O–H groups in total. The van der Waals surface area contributed by atoms with Crippen LogP contribution in [-0.4, -0.2) is 30.4 Å².